The molecule has 41 heavy (non-hydrogen) atoms. The lowest BCUT2D eigenvalue weighted by Crippen LogP contribution is -2.37. The zero-order chi connectivity index (χ0) is 29.0. The molecule has 1 unspecified atom stereocenters. The van der Waals surface area contributed by atoms with Crippen molar-refractivity contribution >= 4 is 27.2 Å². The minimum absolute atomic E-state index is 0.0734. The molecule has 1 saturated carbocycles. The Morgan fingerprint density at radius 3 is 2.68 bits per heavy atom. The first kappa shape index (κ1) is 28.2. The molecular weight excluding hydrogens is 534 g/mol. The minimum atomic E-state index is -0.592. The maximum Gasteiger partial charge on any atom is 0.410 e. The molecule has 3 aromatic rings. The molecule has 1 aliphatic carbocycles. The van der Waals surface area contributed by atoms with Crippen LogP contribution in [0, 0.1) is 17.8 Å². The zero-order valence-electron chi connectivity index (χ0n) is 25.3. The van der Waals surface area contributed by atoms with Gasteiger partial charge in [0.05, 0.1) is 17.9 Å². The van der Waals surface area contributed by atoms with Crippen LogP contribution in [-0.4, -0.2) is 80.1 Å². The summed E-state index contributed by atoms with van der Waals surface area (Å²) < 4.78 is 15.9. The standard InChI is InChI=1S/C32H43N5O3S/c1-31(2,3)40-30(38)35-13-11-32(21-35)12-14-37-28(32)18-27(34-37)25-17-26-24(10-9-23-7-8-23)20-36(29(26)33-19-25)22-39-15-16-41(4,5)6/h17-20,23H,7-8,11-16,21-22H2,1-6H3. The third-order valence-electron chi connectivity index (χ3n) is 8.20. The lowest BCUT2D eigenvalue weighted by atomic mass is 9.82. The SMILES string of the molecule is CC(C)(C)OC(=O)N1CCC2(CCn3nc(-c4cnc5c(c4)c(C#CC4CC4)cn5COCCS(C)(C)C)cc32)C1. The van der Waals surface area contributed by atoms with Crippen LogP contribution in [0.1, 0.15) is 57.7 Å². The molecule has 3 aliphatic rings. The summed E-state index contributed by atoms with van der Waals surface area (Å²) in [4.78, 5) is 19.5. The summed E-state index contributed by atoms with van der Waals surface area (Å²) in [5, 5.41) is 6.04. The molecule has 0 aromatic carbocycles. The average molecular weight is 578 g/mol. The number of fused-ring (bicyclic) bond motifs is 3. The molecule has 1 amide bonds. The van der Waals surface area contributed by atoms with E-state index in [2.05, 4.69) is 58.2 Å². The van der Waals surface area contributed by atoms with Gasteiger partial charge in [0.2, 0.25) is 0 Å². The fourth-order valence-corrected chi connectivity index (χ4v) is 6.38. The van der Waals surface area contributed by atoms with Gasteiger partial charge in [-0.1, -0.05) is 11.8 Å². The van der Waals surface area contributed by atoms with Crippen molar-refractivity contribution in [1.29, 1.82) is 0 Å². The molecule has 9 heteroatoms. The van der Waals surface area contributed by atoms with Gasteiger partial charge in [0.25, 0.3) is 0 Å². The Morgan fingerprint density at radius 1 is 1.17 bits per heavy atom. The molecule has 6 rings (SSSR count). The van der Waals surface area contributed by atoms with E-state index in [4.69, 9.17) is 19.6 Å². The van der Waals surface area contributed by atoms with Crippen molar-refractivity contribution in [2.75, 3.05) is 44.2 Å². The Balaban J connectivity index is 1.25. The second-order valence-corrected chi connectivity index (χ2v) is 18.4. The van der Waals surface area contributed by atoms with Gasteiger partial charge in [-0.2, -0.15) is 5.10 Å². The highest BCUT2D eigenvalue weighted by atomic mass is 32.3. The summed E-state index contributed by atoms with van der Waals surface area (Å²) in [5.41, 5.74) is 4.43. The van der Waals surface area contributed by atoms with E-state index < -0.39 is 15.6 Å². The van der Waals surface area contributed by atoms with Gasteiger partial charge < -0.3 is 18.9 Å². The van der Waals surface area contributed by atoms with Crippen molar-refractivity contribution in [3.8, 4) is 23.1 Å². The fraction of sp³-hybridized carbons (Fsp3) is 0.594. The first-order chi connectivity index (χ1) is 19.4. The van der Waals surface area contributed by atoms with Crippen LogP contribution in [0.5, 0.6) is 0 Å². The van der Waals surface area contributed by atoms with Crippen molar-refractivity contribution in [2.24, 2.45) is 5.92 Å². The summed E-state index contributed by atoms with van der Waals surface area (Å²) >= 11 is 0. The molecule has 0 radical (unpaired) electrons. The van der Waals surface area contributed by atoms with Crippen LogP contribution >= 0.6 is 10.0 Å². The number of aromatic nitrogens is 4. The number of carbonyl (C=O) groups is 1. The normalized spacial score (nSPS) is 20.9. The number of likely N-dealkylation sites (tertiary alicyclic amines) is 1. The number of ether oxygens (including phenoxy) is 2. The molecule has 3 aromatic heterocycles. The molecule has 5 heterocycles. The Kier molecular flexibility index (Phi) is 7.14. The topological polar surface area (TPSA) is 74.4 Å². The van der Waals surface area contributed by atoms with Crippen molar-refractivity contribution in [3.63, 3.8) is 0 Å². The van der Waals surface area contributed by atoms with E-state index in [0.717, 1.165) is 59.6 Å². The zero-order valence-corrected chi connectivity index (χ0v) is 26.1. The van der Waals surface area contributed by atoms with Crippen LogP contribution in [0.2, 0.25) is 0 Å². The first-order valence-corrected chi connectivity index (χ1v) is 17.7. The lowest BCUT2D eigenvalue weighted by Gasteiger charge is -2.26. The largest absolute Gasteiger partial charge is 0.444 e. The van der Waals surface area contributed by atoms with Crippen LogP contribution in [0.4, 0.5) is 4.79 Å². The fourth-order valence-electron chi connectivity index (χ4n) is 5.76. The van der Waals surface area contributed by atoms with Crippen LogP contribution in [0.3, 0.4) is 0 Å². The van der Waals surface area contributed by atoms with Crippen molar-refractivity contribution in [3.05, 3.63) is 35.8 Å². The quantitative estimate of drug-likeness (QED) is 0.281. The predicted molar refractivity (Wildman–Crippen MR) is 165 cm³/mol. The van der Waals surface area contributed by atoms with E-state index in [1.807, 2.05) is 31.9 Å². The molecule has 0 bridgehead atoms. The number of carbonyl (C=O) groups excluding carboxylic acids is 1. The van der Waals surface area contributed by atoms with E-state index in [9.17, 15) is 4.79 Å². The molecule has 0 N–H and O–H groups in total. The van der Waals surface area contributed by atoms with E-state index >= 15 is 0 Å². The van der Waals surface area contributed by atoms with Crippen LogP contribution in [0.25, 0.3) is 22.3 Å². The Hall–Kier alpha value is -2.96. The molecule has 2 aliphatic heterocycles. The van der Waals surface area contributed by atoms with Gasteiger partial charge in [0.15, 0.2) is 0 Å². The van der Waals surface area contributed by atoms with Crippen molar-refractivity contribution in [1.82, 2.24) is 24.2 Å². The molecule has 2 fully saturated rings. The lowest BCUT2D eigenvalue weighted by molar-refractivity contribution is 0.0284. The number of aryl methyl sites for hydroxylation is 1. The third-order valence-corrected chi connectivity index (χ3v) is 9.59. The van der Waals surface area contributed by atoms with Gasteiger partial charge in [0.1, 0.15) is 18.0 Å². The number of hydrogen-bond acceptors (Lipinski definition) is 5. The van der Waals surface area contributed by atoms with Gasteiger partial charge in [-0.25, -0.2) is 19.8 Å². The highest BCUT2D eigenvalue weighted by molar-refractivity contribution is 8.32. The summed E-state index contributed by atoms with van der Waals surface area (Å²) in [6.07, 6.45) is 15.0. The molecule has 1 atom stereocenters. The number of nitrogens with zero attached hydrogens (tertiary/aromatic N) is 5. The maximum atomic E-state index is 12.8. The maximum absolute atomic E-state index is 12.8. The van der Waals surface area contributed by atoms with E-state index in [1.165, 1.54) is 18.5 Å². The third kappa shape index (κ3) is 6.14. The van der Waals surface area contributed by atoms with Gasteiger partial charge >= 0.3 is 6.09 Å². The Bertz CT molecular complexity index is 1530. The number of hydrogen-bond donors (Lipinski definition) is 0. The van der Waals surface area contributed by atoms with E-state index in [0.29, 0.717) is 25.7 Å². The minimum Gasteiger partial charge on any atom is -0.444 e. The second kappa shape index (κ2) is 10.4. The van der Waals surface area contributed by atoms with Crippen LogP contribution in [-0.2, 0) is 28.2 Å². The number of amides is 1. The average Bonchev–Trinajstić information content (AvgIpc) is 3.22. The first-order valence-electron chi connectivity index (χ1n) is 14.7. The highest BCUT2D eigenvalue weighted by Gasteiger charge is 2.47. The monoisotopic (exact) mass is 577 g/mol. The van der Waals surface area contributed by atoms with Gasteiger partial charge in [0, 0.05) is 65.8 Å². The highest BCUT2D eigenvalue weighted by Crippen LogP contribution is 2.44. The van der Waals surface area contributed by atoms with Gasteiger partial charge in [-0.05, 0) is 77.4 Å². The summed E-state index contributed by atoms with van der Waals surface area (Å²) in [7, 11) is -0.592. The molecule has 220 valence electrons. The molecular formula is C32H43N5O3S. The van der Waals surface area contributed by atoms with Gasteiger partial charge in [-0.15, -0.1) is 0 Å². The van der Waals surface area contributed by atoms with Gasteiger partial charge in [-0.3, -0.25) is 4.68 Å². The van der Waals surface area contributed by atoms with Crippen LogP contribution in [0.15, 0.2) is 24.5 Å². The predicted octanol–water partition coefficient (Wildman–Crippen LogP) is 5.61. The smallest absolute Gasteiger partial charge is 0.410 e. The second-order valence-electron chi connectivity index (χ2n) is 13.8. The van der Waals surface area contributed by atoms with Crippen molar-refractivity contribution < 1.29 is 14.3 Å². The summed E-state index contributed by atoms with van der Waals surface area (Å²) in [5.74, 6) is 8.47. The summed E-state index contributed by atoms with van der Waals surface area (Å²) in [6, 6.07) is 4.39. The van der Waals surface area contributed by atoms with Crippen LogP contribution < -0.4 is 0 Å². The number of rotatable bonds is 6. The molecule has 1 saturated heterocycles. The number of pyridine rings is 1. The molecule has 1 spiro atoms. The van der Waals surface area contributed by atoms with Crippen molar-refractivity contribution in [2.45, 2.75) is 70.7 Å². The van der Waals surface area contributed by atoms with E-state index in [-0.39, 0.29) is 11.5 Å². The Morgan fingerprint density at radius 2 is 1.95 bits per heavy atom. The Labute approximate surface area is 245 Å². The summed E-state index contributed by atoms with van der Waals surface area (Å²) in [6.45, 7) is 9.19. The van der Waals surface area contributed by atoms with E-state index in [1.54, 1.807) is 0 Å². The molecule has 8 nitrogen and oxygen atoms in total.